The Morgan fingerprint density at radius 1 is 0.972 bits per heavy atom. The molecule has 0 saturated heterocycles. The molecule has 1 heterocycles. The summed E-state index contributed by atoms with van der Waals surface area (Å²) in [5, 5.41) is 12.4. The van der Waals surface area contributed by atoms with E-state index >= 15 is 0 Å². The average molecular weight is 481 g/mol. The summed E-state index contributed by atoms with van der Waals surface area (Å²) in [5.41, 5.74) is 4.52. The third-order valence-corrected chi connectivity index (χ3v) is 6.46. The minimum absolute atomic E-state index is 0.0487. The van der Waals surface area contributed by atoms with E-state index in [1.54, 1.807) is 6.07 Å². The van der Waals surface area contributed by atoms with Crippen LogP contribution in [0.4, 0.5) is 5.69 Å². The third-order valence-electron chi connectivity index (χ3n) is 6.46. The number of anilines is 1. The highest BCUT2D eigenvalue weighted by Gasteiger charge is 2.28. The van der Waals surface area contributed by atoms with E-state index in [0.29, 0.717) is 23.1 Å². The van der Waals surface area contributed by atoms with Gasteiger partial charge in [-0.15, -0.1) is 0 Å². The van der Waals surface area contributed by atoms with E-state index < -0.39 is 24.5 Å². The van der Waals surface area contributed by atoms with Crippen molar-refractivity contribution in [3.8, 4) is 0 Å². The second-order valence-electron chi connectivity index (χ2n) is 8.79. The van der Waals surface area contributed by atoms with Crippen LogP contribution in [0.3, 0.4) is 0 Å². The summed E-state index contributed by atoms with van der Waals surface area (Å²) in [6.45, 7) is -0.496. The number of ether oxygens (including phenoxy) is 1. The summed E-state index contributed by atoms with van der Waals surface area (Å²) in [5.74, 6) is -1.97. The maximum Gasteiger partial charge on any atom is 0.339 e. The Morgan fingerprint density at radius 2 is 1.75 bits per heavy atom. The lowest BCUT2D eigenvalue weighted by Crippen LogP contribution is -2.24. The van der Waals surface area contributed by atoms with Crippen LogP contribution in [0.15, 0.2) is 78.9 Å². The topological polar surface area (TPSA) is 106 Å². The molecule has 1 aromatic heterocycles. The molecule has 0 aliphatic heterocycles. The second-order valence-corrected chi connectivity index (χ2v) is 8.79. The predicted octanol–water partition coefficient (Wildman–Crippen LogP) is 5.00. The standard InChI is InChI=1S/C29H24N2O5/c32-26(30-21-10-6-9-20(15-21)28(33)34)17-36-29(35)27-22-11-4-5-12-24(22)31-25-14-13-19(16-23(25)27)18-7-2-1-3-8-18/h1-12,15,19H,13-14,16-17H2,(H,30,32)(H,33,34). The molecule has 7 nitrogen and oxygen atoms in total. The molecular formula is C29H24N2O5. The fraction of sp³-hybridized carbons (Fsp3) is 0.172. The van der Waals surface area contributed by atoms with Crippen LogP contribution in [-0.2, 0) is 22.4 Å². The number of nitrogens with zero attached hydrogens (tertiary/aromatic N) is 1. The molecule has 1 aliphatic carbocycles. The summed E-state index contributed by atoms with van der Waals surface area (Å²) < 4.78 is 5.46. The van der Waals surface area contributed by atoms with Crippen molar-refractivity contribution in [2.45, 2.75) is 25.2 Å². The molecule has 0 bridgehead atoms. The lowest BCUT2D eigenvalue weighted by atomic mass is 9.80. The first-order chi connectivity index (χ1) is 17.5. The summed E-state index contributed by atoms with van der Waals surface area (Å²) in [6, 6.07) is 23.6. The molecule has 0 radical (unpaired) electrons. The van der Waals surface area contributed by atoms with Crippen molar-refractivity contribution in [2.24, 2.45) is 0 Å². The third kappa shape index (κ3) is 4.81. The molecule has 180 valence electrons. The van der Waals surface area contributed by atoms with Crippen LogP contribution in [0.25, 0.3) is 10.9 Å². The predicted molar refractivity (Wildman–Crippen MR) is 135 cm³/mol. The van der Waals surface area contributed by atoms with Crippen molar-refractivity contribution < 1.29 is 24.2 Å². The lowest BCUT2D eigenvalue weighted by molar-refractivity contribution is -0.119. The normalized spacial score (nSPS) is 14.6. The van der Waals surface area contributed by atoms with Crippen molar-refractivity contribution in [1.29, 1.82) is 0 Å². The van der Waals surface area contributed by atoms with Crippen LogP contribution in [-0.4, -0.2) is 34.5 Å². The Morgan fingerprint density at radius 3 is 2.56 bits per heavy atom. The number of amides is 1. The number of pyridine rings is 1. The molecule has 0 fully saturated rings. The maximum atomic E-state index is 13.4. The number of carbonyl (C=O) groups excluding carboxylic acids is 2. The summed E-state index contributed by atoms with van der Waals surface area (Å²) in [6.07, 6.45) is 2.35. The summed E-state index contributed by atoms with van der Waals surface area (Å²) in [4.78, 5) is 41.8. The van der Waals surface area contributed by atoms with E-state index in [2.05, 4.69) is 17.4 Å². The monoisotopic (exact) mass is 480 g/mol. The fourth-order valence-electron chi connectivity index (χ4n) is 4.76. The first-order valence-electron chi connectivity index (χ1n) is 11.8. The molecule has 7 heteroatoms. The number of aromatic nitrogens is 1. The summed E-state index contributed by atoms with van der Waals surface area (Å²) >= 11 is 0. The number of aromatic carboxylic acids is 1. The van der Waals surface area contributed by atoms with Gasteiger partial charge in [-0.25, -0.2) is 9.59 Å². The Hall–Kier alpha value is -4.52. The van der Waals surface area contributed by atoms with Crippen LogP contribution in [0.2, 0.25) is 0 Å². The quantitative estimate of drug-likeness (QED) is 0.376. The Balaban J connectivity index is 1.39. The minimum atomic E-state index is -1.10. The van der Waals surface area contributed by atoms with E-state index in [1.807, 2.05) is 42.5 Å². The fourth-order valence-corrected chi connectivity index (χ4v) is 4.76. The molecule has 4 aromatic rings. The number of benzene rings is 3. The first kappa shape index (κ1) is 23.2. The Kier molecular flexibility index (Phi) is 6.45. The molecule has 0 spiro atoms. The molecule has 36 heavy (non-hydrogen) atoms. The molecule has 1 aliphatic rings. The minimum Gasteiger partial charge on any atom is -0.478 e. The van der Waals surface area contributed by atoms with Crippen LogP contribution in [0, 0.1) is 0 Å². The molecular weight excluding hydrogens is 456 g/mol. The van der Waals surface area contributed by atoms with Crippen molar-refractivity contribution in [2.75, 3.05) is 11.9 Å². The number of nitrogens with one attached hydrogen (secondary N) is 1. The Bertz CT molecular complexity index is 1470. The van der Waals surface area contributed by atoms with Gasteiger partial charge in [0.25, 0.3) is 5.91 Å². The van der Waals surface area contributed by atoms with Gasteiger partial charge in [0.05, 0.1) is 16.6 Å². The van der Waals surface area contributed by atoms with Crippen LogP contribution in [0.5, 0.6) is 0 Å². The van der Waals surface area contributed by atoms with Gasteiger partial charge in [0, 0.05) is 16.8 Å². The van der Waals surface area contributed by atoms with Gasteiger partial charge in [0.1, 0.15) is 0 Å². The van der Waals surface area contributed by atoms with E-state index in [1.165, 1.54) is 23.8 Å². The van der Waals surface area contributed by atoms with E-state index in [9.17, 15) is 14.4 Å². The highest BCUT2D eigenvalue weighted by Crippen LogP contribution is 2.36. The first-order valence-corrected chi connectivity index (χ1v) is 11.8. The van der Waals surface area contributed by atoms with Crippen LogP contribution < -0.4 is 5.32 Å². The van der Waals surface area contributed by atoms with Crippen molar-refractivity contribution in [3.05, 3.63) is 107 Å². The lowest BCUT2D eigenvalue weighted by Gasteiger charge is -2.26. The highest BCUT2D eigenvalue weighted by molar-refractivity contribution is 6.06. The zero-order valence-corrected chi connectivity index (χ0v) is 19.4. The van der Waals surface area contributed by atoms with Crippen molar-refractivity contribution >= 4 is 34.4 Å². The van der Waals surface area contributed by atoms with Gasteiger partial charge in [-0.05, 0) is 60.6 Å². The maximum absolute atomic E-state index is 13.4. The number of aryl methyl sites for hydroxylation is 1. The van der Waals surface area contributed by atoms with Gasteiger partial charge < -0.3 is 15.2 Å². The highest BCUT2D eigenvalue weighted by atomic mass is 16.5. The SMILES string of the molecule is O=C(COC(=O)c1c2c(nc3ccccc13)CCC(c1ccccc1)C2)Nc1cccc(C(=O)O)c1. The number of carboxylic acids is 1. The zero-order valence-electron chi connectivity index (χ0n) is 19.4. The molecule has 0 saturated carbocycles. The molecule has 1 atom stereocenters. The number of carbonyl (C=O) groups is 3. The number of carboxylic acid groups (broad SMARTS) is 1. The van der Waals surface area contributed by atoms with Gasteiger partial charge in [-0.2, -0.15) is 0 Å². The van der Waals surface area contributed by atoms with Gasteiger partial charge in [-0.1, -0.05) is 54.6 Å². The zero-order chi connectivity index (χ0) is 25.1. The van der Waals surface area contributed by atoms with E-state index in [4.69, 9.17) is 14.8 Å². The van der Waals surface area contributed by atoms with Gasteiger partial charge in [0.15, 0.2) is 6.61 Å². The number of hydrogen-bond donors (Lipinski definition) is 2. The van der Waals surface area contributed by atoms with E-state index in [0.717, 1.165) is 29.6 Å². The van der Waals surface area contributed by atoms with Gasteiger partial charge >= 0.3 is 11.9 Å². The van der Waals surface area contributed by atoms with Gasteiger partial charge in [-0.3, -0.25) is 9.78 Å². The van der Waals surface area contributed by atoms with Gasteiger partial charge in [0.2, 0.25) is 0 Å². The molecule has 3 aromatic carbocycles. The van der Waals surface area contributed by atoms with Crippen molar-refractivity contribution in [1.82, 2.24) is 4.98 Å². The number of para-hydroxylation sites is 1. The van der Waals surface area contributed by atoms with Crippen LogP contribution >= 0.6 is 0 Å². The second kappa shape index (κ2) is 10.00. The summed E-state index contributed by atoms with van der Waals surface area (Å²) in [7, 11) is 0. The molecule has 5 rings (SSSR count). The van der Waals surface area contributed by atoms with Crippen molar-refractivity contribution in [3.63, 3.8) is 0 Å². The molecule has 1 unspecified atom stereocenters. The number of esters is 1. The Labute approximate surface area is 207 Å². The molecule has 1 amide bonds. The number of hydrogen-bond acceptors (Lipinski definition) is 5. The van der Waals surface area contributed by atoms with E-state index in [-0.39, 0.29) is 11.5 Å². The molecule has 2 N–H and O–H groups in total. The number of fused-ring (bicyclic) bond motifs is 2. The smallest absolute Gasteiger partial charge is 0.339 e. The number of rotatable bonds is 6. The largest absolute Gasteiger partial charge is 0.478 e. The average Bonchev–Trinajstić information content (AvgIpc) is 2.90. The van der Waals surface area contributed by atoms with Crippen LogP contribution in [0.1, 0.15) is 49.9 Å².